The number of aromatic amines is 1. The number of nitrogens with one attached hydrogen (secondary N) is 2. The number of anilines is 1. The van der Waals surface area contributed by atoms with E-state index in [9.17, 15) is 0 Å². The lowest BCUT2D eigenvalue weighted by Gasteiger charge is -2.09. The number of hydrogen-bond acceptors (Lipinski definition) is 3. The highest BCUT2D eigenvalue weighted by Gasteiger charge is 1.98. The fourth-order valence-electron chi connectivity index (χ4n) is 2.20. The summed E-state index contributed by atoms with van der Waals surface area (Å²) in [7, 11) is 1.65. The van der Waals surface area contributed by atoms with E-state index >= 15 is 0 Å². The summed E-state index contributed by atoms with van der Waals surface area (Å²) in [6.45, 7) is 1.36. The number of methoxy groups -OCH3 is 1. The average molecular weight is 282 g/mol. The number of fused-ring (bicyclic) bond motifs is 1. The van der Waals surface area contributed by atoms with E-state index < -0.39 is 0 Å². The van der Waals surface area contributed by atoms with E-state index in [4.69, 9.17) is 9.47 Å². The van der Waals surface area contributed by atoms with Gasteiger partial charge in [0.15, 0.2) is 0 Å². The van der Waals surface area contributed by atoms with Crippen molar-refractivity contribution in [3.8, 4) is 11.5 Å². The molecule has 3 aromatic rings. The highest BCUT2D eigenvalue weighted by molar-refractivity contribution is 5.82. The van der Waals surface area contributed by atoms with Crippen LogP contribution >= 0.6 is 0 Å². The van der Waals surface area contributed by atoms with Crippen molar-refractivity contribution in [2.75, 3.05) is 25.6 Å². The third-order valence-electron chi connectivity index (χ3n) is 3.31. The van der Waals surface area contributed by atoms with Crippen LogP contribution in [0.5, 0.6) is 11.5 Å². The van der Waals surface area contributed by atoms with Crippen LogP contribution in [0.15, 0.2) is 54.7 Å². The number of H-pyrrole nitrogens is 1. The van der Waals surface area contributed by atoms with Crippen molar-refractivity contribution >= 4 is 16.6 Å². The summed E-state index contributed by atoms with van der Waals surface area (Å²) in [5, 5.41) is 4.56. The van der Waals surface area contributed by atoms with Gasteiger partial charge in [-0.25, -0.2) is 0 Å². The zero-order chi connectivity index (χ0) is 14.5. The Hall–Kier alpha value is -2.62. The predicted molar refractivity (Wildman–Crippen MR) is 85.3 cm³/mol. The largest absolute Gasteiger partial charge is 0.497 e. The quantitative estimate of drug-likeness (QED) is 0.678. The van der Waals surface area contributed by atoms with E-state index in [0.717, 1.165) is 29.2 Å². The molecule has 0 atom stereocenters. The molecule has 1 aromatic heterocycles. The second kappa shape index (κ2) is 6.22. The molecule has 0 amide bonds. The minimum atomic E-state index is 0.609. The third kappa shape index (κ3) is 3.28. The Morgan fingerprint density at radius 3 is 2.62 bits per heavy atom. The van der Waals surface area contributed by atoms with E-state index in [-0.39, 0.29) is 0 Å². The lowest BCUT2D eigenvalue weighted by Crippen LogP contribution is -2.11. The Labute approximate surface area is 123 Å². The van der Waals surface area contributed by atoms with Crippen molar-refractivity contribution in [2.45, 2.75) is 0 Å². The standard InChI is InChI=1S/C17H18N2O2/c1-20-15-3-5-16(6-4-15)21-11-10-18-14-2-7-17-13(12-14)8-9-19-17/h2-9,12,18-19H,10-11H2,1H3. The molecule has 0 aliphatic rings. The summed E-state index contributed by atoms with van der Waals surface area (Å²) in [4.78, 5) is 3.18. The molecule has 0 fully saturated rings. The van der Waals surface area contributed by atoms with E-state index in [1.54, 1.807) is 7.11 Å². The minimum Gasteiger partial charge on any atom is -0.497 e. The zero-order valence-corrected chi connectivity index (χ0v) is 11.9. The van der Waals surface area contributed by atoms with Crippen LogP contribution in [0.25, 0.3) is 10.9 Å². The van der Waals surface area contributed by atoms with Crippen molar-refractivity contribution in [1.29, 1.82) is 0 Å². The normalized spacial score (nSPS) is 10.5. The second-order valence-corrected chi connectivity index (χ2v) is 4.73. The van der Waals surface area contributed by atoms with E-state index in [1.165, 1.54) is 5.39 Å². The molecular weight excluding hydrogens is 264 g/mol. The van der Waals surface area contributed by atoms with Crippen LogP contribution in [0.1, 0.15) is 0 Å². The van der Waals surface area contributed by atoms with Gasteiger partial charge in [-0.05, 0) is 48.5 Å². The molecule has 0 saturated carbocycles. The summed E-state index contributed by atoms with van der Waals surface area (Å²) in [5.41, 5.74) is 2.25. The Morgan fingerprint density at radius 2 is 1.81 bits per heavy atom. The molecule has 0 spiro atoms. The maximum atomic E-state index is 5.68. The smallest absolute Gasteiger partial charge is 0.119 e. The molecule has 0 aliphatic heterocycles. The van der Waals surface area contributed by atoms with Gasteiger partial charge in [0.1, 0.15) is 18.1 Å². The third-order valence-corrected chi connectivity index (χ3v) is 3.31. The number of hydrogen-bond donors (Lipinski definition) is 2. The van der Waals surface area contributed by atoms with Gasteiger partial charge >= 0.3 is 0 Å². The number of benzene rings is 2. The Balaban J connectivity index is 1.48. The first-order chi connectivity index (χ1) is 10.3. The van der Waals surface area contributed by atoms with Gasteiger partial charge < -0.3 is 19.8 Å². The predicted octanol–water partition coefficient (Wildman–Crippen LogP) is 3.67. The molecule has 0 radical (unpaired) electrons. The van der Waals surface area contributed by atoms with Crippen LogP contribution in [0, 0.1) is 0 Å². The zero-order valence-electron chi connectivity index (χ0n) is 11.9. The van der Waals surface area contributed by atoms with E-state index in [1.807, 2.05) is 30.5 Å². The van der Waals surface area contributed by atoms with Crippen LogP contribution in [-0.2, 0) is 0 Å². The molecule has 108 valence electrons. The van der Waals surface area contributed by atoms with Gasteiger partial charge in [0, 0.05) is 29.3 Å². The van der Waals surface area contributed by atoms with Crippen LogP contribution in [-0.4, -0.2) is 25.2 Å². The molecule has 1 heterocycles. The lowest BCUT2D eigenvalue weighted by atomic mass is 10.2. The topological polar surface area (TPSA) is 46.3 Å². The van der Waals surface area contributed by atoms with Gasteiger partial charge in [0.05, 0.1) is 7.11 Å². The molecule has 4 heteroatoms. The Kier molecular flexibility index (Phi) is 3.96. The number of aromatic nitrogens is 1. The maximum Gasteiger partial charge on any atom is 0.119 e. The first-order valence-electron chi connectivity index (χ1n) is 6.93. The molecule has 4 nitrogen and oxygen atoms in total. The van der Waals surface area contributed by atoms with Crippen molar-refractivity contribution < 1.29 is 9.47 Å². The van der Waals surface area contributed by atoms with Crippen LogP contribution in [0.3, 0.4) is 0 Å². The monoisotopic (exact) mass is 282 g/mol. The van der Waals surface area contributed by atoms with E-state index in [0.29, 0.717) is 6.61 Å². The molecule has 2 aromatic carbocycles. The van der Waals surface area contributed by atoms with Gasteiger partial charge in [-0.1, -0.05) is 0 Å². The van der Waals surface area contributed by atoms with Crippen molar-refractivity contribution in [3.05, 3.63) is 54.7 Å². The van der Waals surface area contributed by atoms with Crippen molar-refractivity contribution in [1.82, 2.24) is 4.98 Å². The van der Waals surface area contributed by atoms with Gasteiger partial charge in [0.25, 0.3) is 0 Å². The van der Waals surface area contributed by atoms with Gasteiger partial charge in [0.2, 0.25) is 0 Å². The van der Waals surface area contributed by atoms with Crippen molar-refractivity contribution in [3.63, 3.8) is 0 Å². The molecule has 21 heavy (non-hydrogen) atoms. The summed E-state index contributed by atoms with van der Waals surface area (Å²) in [6.07, 6.45) is 1.95. The first kappa shape index (κ1) is 13.4. The highest BCUT2D eigenvalue weighted by Crippen LogP contribution is 2.18. The van der Waals surface area contributed by atoms with Crippen LogP contribution < -0.4 is 14.8 Å². The van der Waals surface area contributed by atoms with Crippen molar-refractivity contribution in [2.24, 2.45) is 0 Å². The molecule has 0 saturated heterocycles. The Morgan fingerprint density at radius 1 is 1.00 bits per heavy atom. The lowest BCUT2D eigenvalue weighted by molar-refractivity contribution is 0.332. The van der Waals surface area contributed by atoms with Crippen LogP contribution in [0.2, 0.25) is 0 Å². The summed E-state index contributed by atoms with van der Waals surface area (Å²) < 4.78 is 10.8. The maximum absolute atomic E-state index is 5.68. The first-order valence-corrected chi connectivity index (χ1v) is 6.93. The van der Waals surface area contributed by atoms with E-state index in [2.05, 4.69) is 34.6 Å². The minimum absolute atomic E-state index is 0.609. The summed E-state index contributed by atoms with van der Waals surface area (Å²) in [6, 6.07) is 15.9. The fourth-order valence-corrected chi connectivity index (χ4v) is 2.20. The fraction of sp³-hybridized carbons (Fsp3) is 0.176. The number of rotatable bonds is 6. The highest BCUT2D eigenvalue weighted by atomic mass is 16.5. The molecular formula is C17H18N2O2. The molecule has 0 bridgehead atoms. The molecule has 3 rings (SSSR count). The van der Waals surface area contributed by atoms with Gasteiger partial charge in [-0.15, -0.1) is 0 Å². The number of ether oxygens (including phenoxy) is 2. The summed E-state index contributed by atoms with van der Waals surface area (Å²) >= 11 is 0. The molecule has 0 aliphatic carbocycles. The summed E-state index contributed by atoms with van der Waals surface area (Å²) in [5.74, 6) is 1.68. The van der Waals surface area contributed by atoms with Gasteiger partial charge in [-0.2, -0.15) is 0 Å². The molecule has 2 N–H and O–H groups in total. The molecule has 0 unspecified atom stereocenters. The Bertz CT molecular complexity index is 704. The SMILES string of the molecule is COc1ccc(OCCNc2ccc3[nH]ccc3c2)cc1. The second-order valence-electron chi connectivity index (χ2n) is 4.73. The van der Waals surface area contributed by atoms with Crippen LogP contribution in [0.4, 0.5) is 5.69 Å². The van der Waals surface area contributed by atoms with Gasteiger partial charge in [-0.3, -0.25) is 0 Å². The average Bonchev–Trinajstić information content (AvgIpc) is 3.00.